The third-order valence-electron chi connectivity index (χ3n) is 3.98. The Bertz CT molecular complexity index is 462. The van der Waals surface area contributed by atoms with Crippen molar-refractivity contribution < 1.29 is 9.53 Å². The molecule has 0 spiro atoms. The van der Waals surface area contributed by atoms with Gasteiger partial charge in [0.05, 0.1) is 6.54 Å². The van der Waals surface area contributed by atoms with E-state index in [4.69, 9.17) is 16.3 Å². The highest BCUT2D eigenvalue weighted by atomic mass is 35.5. The third-order valence-corrected chi connectivity index (χ3v) is 4.23. The molecule has 1 aliphatic heterocycles. The summed E-state index contributed by atoms with van der Waals surface area (Å²) in [6.07, 6.45) is 3.90. The molecule has 1 aromatic rings. The van der Waals surface area contributed by atoms with E-state index in [9.17, 15) is 4.79 Å². The van der Waals surface area contributed by atoms with E-state index >= 15 is 0 Å². The van der Waals surface area contributed by atoms with Gasteiger partial charge in [-0.1, -0.05) is 11.6 Å². The monoisotopic (exact) mass is 360 g/mol. The summed E-state index contributed by atoms with van der Waals surface area (Å²) in [6.45, 7) is 4.63. The molecule has 0 saturated carbocycles. The summed E-state index contributed by atoms with van der Waals surface area (Å²) in [5.74, 6) is 1.57. The van der Waals surface area contributed by atoms with Gasteiger partial charge in [-0.3, -0.25) is 4.79 Å². The summed E-state index contributed by atoms with van der Waals surface area (Å²) in [6, 6.07) is 7.25. The number of nitrogens with one attached hydrogen (secondary N) is 2. The van der Waals surface area contributed by atoms with Crippen LogP contribution in [0.25, 0.3) is 0 Å². The van der Waals surface area contributed by atoms with Crippen molar-refractivity contribution in [1.82, 2.24) is 10.6 Å². The van der Waals surface area contributed by atoms with Crippen molar-refractivity contribution in [2.75, 3.05) is 19.6 Å². The largest absolute Gasteiger partial charge is 0.489 e. The highest BCUT2D eigenvalue weighted by Crippen LogP contribution is 2.18. The highest BCUT2D eigenvalue weighted by molar-refractivity contribution is 6.30. The molecule has 1 heterocycles. The molecule has 1 aromatic carbocycles. The fraction of sp³-hybridized carbons (Fsp3) is 0.588. The topological polar surface area (TPSA) is 50.4 Å². The maximum Gasteiger partial charge on any atom is 0.220 e. The van der Waals surface area contributed by atoms with Crippen molar-refractivity contribution in [2.24, 2.45) is 5.92 Å². The smallest absolute Gasteiger partial charge is 0.220 e. The second-order valence-corrected chi connectivity index (χ2v) is 6.35. The molecular weight excluding hydrogens is 335 g/mol. The van der Waals surface area contributed by atoms with Gasteiger partial charge in [0.25, 0.3) is 0 Å². The Morgan fingerprint density at radius 2 is 2.00 bits per heavy atom. The van der Waals surface area contributed by atoms with Gasteiger partial charge in [-0.15, -0.1) is 12.4 Å². The molecule has 4 nitrogen and oxygen atoms in total. The summed E-state index contributed by atoms with van der Waals surface area (Å²) in [5.41, 5.74) is 0. The van der Waals surface area contributed by atoms with Crippen LogP contribution in [0.4, 0.5) is 0 Å². The molecule has 2 rings (SSSR count). The first-order valence-corrected chi connectivity index (χ1v) is 8.41. The van der Waals surface area contributed by atoms with E-state index in [0.29, 0.717) is 23.9 Å². The number of amides is 1. The van der Waals surface area contributed by atoms with Crippen LogP contribution in [0.1, 0.15) is 32.6 Å². The Hall–Kier alpha value is -0.970. The molecule has 6 heteroatoms. The maximum absolute atomic E-state index is 11.9. The molecular formula is C17H26Cl2N2O2. The SMILES string of the molecule is CC(CNC(=O)CCC1CCNCC1)Oc1ccc(Cl)cc1.Cl. The van der Waals surface area contributed by atoms with Crippen molar-refractivity contribution in [3.05, 3.63) is 29.3 Å². The van der Waals surface area contributed by atoms with Crippen LogP contribution >= 0.6 is 24.0 Å². The summed E-state index contributed by atoms with van der Waals surface area (Å²) < 4.78 is 5.73. The van der Waals surface area contributed by atoms with Crippen LogP contribution in [-0.2, 0) is 4.79 Å². The molecule has 23 heavy (non-hydrogen) atoms. The molecule has 0 bridgehead atoms. The van der Waals surface area contributed by atoms with Gasteiger partial charge in [-0.05, 0) is 69.5 Å². The van der Waals surface area contributed by atoms with Crippen molar-refractivity contribution in [3.8, 4) is 5.75 Å². The summed E-state index contributed by atoms with van der Waals surface area (Å²) >= 11 is 5.83. The van der Waals surface area contributed by atoms with E-state index in [1.165, 1.54) is 12.8 Å². The minimum absolute atomic E-state index is 0. The van der Waals surface area contributed by atoms with Crippen LogP contribution in [0.15, 0.2) is 24.3 Å². The minimum Gasteiger partial charge on any atom is -0.489 e. The number of carbonyl (C=O) groups is 1. The molecule has 1 aliphatic rings. The van der Waals surface area contributed by atoms with Crippen LogP contribution in [0, 0.1) is 5.92 Å². The average molecular weight is 361 g/mol. The van der Waals surface area contributed by atoms with Crippen LogP contribution < -0.4 is 15.4 Å². The van der Waals surface area contributed by atoms with Crippen LogP contribution in [0.3, 0.4) is 0 Å². The van der Waals surface area contributed by atoms with Crippen LogP contribution in [-0.4, -0.2) is 31.6 Å². The second kappa shape index (κ2) is 10.7. The predicted molar refractivity (Wildman–Crippen MR) is 96.6 cm³/mol. The van der Waals surface area contributed by atoms with Gasteiger partial charge in [0.1, 0.15) is 11.9 Å². The number of ether oxygens (including phenoxy) is 1. The molecule has 0 radical (unpaired) electrons. The zero-order valence-corrected chi connectivity index (χ0v) is 15.1. The number of rotatable bonds is 7. The Balaban J connectivity index is 0.00000264. The molecule has 1 atom stereocenters. The van der Waals surface area contributed by atoms with E-state index in [1.54, 1.807) is 12.1 Å². The molecule has 1 unspecified atom stereocenters. The first kappa shape index (κ1) is 20.1. The highest BCUT2D eigenvalue weighted by Gasteiger charge is 2.14. The normalized spacial score (nSPS) is 16.3. The summed E-state index contributed by atoms with van der Waals surface area (Å²) in [4.78, 5) is 11.9. The Morgan fingerprint density at radius 1 is 1.35 bits per heavy atom. The molecule has 1 amide bonds. The van der Waals surface area contributed by atoms with E-state index in [2.05, 4.69) is 10.6 Å². The second-order valence-electron chi connectivity index (χ2n) is 5.92. The van der Waals surface area contributed by atoms with Crippen molar-refractivity contribution in [2.45, 2.75) is 38.7 Å². The van der Waals surface area contributed by atoms with E-state index in [-0.39, 0.29) is 24.4 Å². The first-order valence-electron chi connectivity index (χ1n) is 8.03. The molecule has 1 fully saturated rings. The van der Waals surface area contributed by atoms with Gasteiger partial charge in [0.15, 0.2) is 0 Å². The molecule has 0 aromatic heterocycles. The van der Waals surface area contributed by atoms with Crippen molar-refractivity contribution in [1.29, 1.82) is 0 Å². The summed E-state index contributed by atoms with van der Waals surface area (Å²) in [5, 5.41) is 6.98. The minimum atomic E-state index is -0.0657. The summed E-state index contributed by atoms with van der Waals surface area (Å²) in [7, 11) is 0. The Labute approximate surface area is 149 Å². The number of halogens is 2. The van der Waals surface area contributed by atoms with Crippen molar-refractivity contribution >= 4 is 29.9 Å². The number of carbonyl (C=O) groups excluding carboxylic acids is 1. The lowest BCUT2D eigenvalue weighted by Crippen LogP contribution is -2.34. The lowest BCUT2D eigenvalue weighted by molar-refractivity contribution is -0.121. The van der Waals surface area contributed by atoms with Gasteiger partial charge in [0, 0.05) is 11.4 Å². The van der Waals surface area contributed by atoms with Crippen LogP contribution in [0.5, 0.6) is 5.75 Å². The molecule has 2 N–H and O–H groups in total. The quantitative estimate of drug-likeness (QED) is 0.782. The van der Waals surface area contributed by atoms with E-state index < -0.39 is 0 Å². The van der Waals surface area contributed by atoms with Gasteiger partial charge in [-0.2, -0.15) is 0 Å². The van der Waals surface area contributed by atoms with Gasteiger partial charge >= 0.3 is 0 Å². The first-order chi connectivity index (χ1) is 10.6. The zero-order valence-electron chi connectivity index (χ0n) is 13.5. The van der Waals surface area contributed by atoms with Gasteiger partial charge in [0.2, 0.25) is 5.91 Å². The fourth-order valence-electron chi connectivity index (χ4n) is 2.64. The molecule has 0 aliphatic carbocycles. The van der Waals surface area contributed by atoms with Gasteiger partial charge in [-0.25, -0.2) is 0 Å². The predicted octanol–water partition coefficient (Wildman–Crippen LogP) is 3.43. The zero-order chi connectivity index (χ0) is 15.8. The number of hydrogen-bond donors (Lipinski definition) is 2. The Morgan fingerprint density at radius 3 is 2.65 bits per heavy atom. The molecule has 1 saturated heterocycles. The standard InChI is InChI=1S/C17H25ClN2O2.ClH/c1-13(22-16-5-3-15(18)4-6-16)12-20-17(21)7-2-14-8-10-19-11-9-14;/h3-6,13-14,19H,2,7-12H2,1H3,(H,20,21);1H. The number of piperidine rings is 1. The lowest BCUT2D eigenvalue weighted by Gasteiger charge is -2.22. The average Bonchev–Trinajstić information content (AvgIpc) is 2.54. The number of hydrogen-bond acceptors (Lipinski definition) is 3. The fourth-order valence-corrected chi connectivity index (χ4v) is 2.76. The maximum atomic E-state index is 11.9. The number of benzene rings is 1. The Kier molecular flexibility index (Phi) is 9.37. The van der Waals surface area contributed by atoms with Crippen molar-refractivity contribution in [3.63, 3.8) is 0 Å². The lowest BCUT2D eigenvalue weighted by atomic mass is 9.93. The third kappa shape index (κ3) is 7.91. The van der Waals surface area contributed by atoms with Gasteiger partial charge < -0.3 is 15.4 Å². The van der Waals surface area contributed by atoms with E-state index in [1.807, 2.05) is 19.1 Å². The van der Waals surface area contributed by atoms with E-state index in [0.717, 1.165) is 25.3 Å². The van der Waals surface area contributed by atoms with Crippen LogP contribution in [0.2, 0.25) is 5.02 Å². The molecule has 130 valence electrons.